The number of hydrogen-bond acceptors (Lipinski definition) is 4. The number of benzene rings is 4. The summed E-state index contributed by atoms with van der Waals surface area (Å²) in [6, 6.07) is 28.9. The third-order valence-electron chi connectivity index (χ3n) is 6.39. The van der Waals surface area contributed by atoms with Crippen molar-refractivity contribution in [3.05, 3.63) is 130 Å². The molecule has 1 N–H and O–H groups in total. The fourth-order valence-corrected chi connectivity index (χ4v) is 4.35. The highest BCUT2D eigenvalue weighted by Gasteiger charge is 2.23. The second-order valence-corrected chi connectivity index (χ2v) is 9.57. The molecule has 0 spiro atoms. The van der Waals surface area contributed by atoms with Crippen LogP contribution >= 0.6 is 0 Å². The number of aryl methyl sites for hydroxylation is 3. The highest BCUT2D eigenvalue weighted by molar-refractivity contribution is 6.42. The molecule has 0 radical (unpaired) electrons. The van der Waals surface area contributed by atoms with E-state index in [0.717, 1.165) is 17.5 Å². The first-order valence-corrected chi connectivity index (χ1v) is 12.8. The highest BCUT2D eigenvalue weighted by atomic mass is 16.5. The van der Waals surface area contributed by atoms with Gasteiger partial charge in [-0.25, -0.2) is 4.79 Å². The molecule has 0 aliphatic heterocycles. The maximum absolute atomic E-state index is 13.3. The molecule has 0 atom stereocenters. The predicted octanol–water partition coefficient (Wildman–Crippen LogP) is 6.64. The van der Waals surface area contributed by atoms with Crippen molar-refractivity contribution < 1.29 is 24.2 Å². The van der Waals surface area contributed by atoms with Crippen molar-refractivity contribution in [3.8, 4) is 11.5 Å². The van der Waals surface area contributed by atoms with E-state index in [1.165, 1.54) is 17.2 Å². The van der Waals surface area contributed by atoms with Crippen LogP contribution in [0.15, 0.2) is 97.1 Å². The maximum Gasteiger partial charge on any atom is 0.339 e. The summed E-state index contributed by atoms with van der Waals surface area (Å²) in [7, 11) is 0. The van der Waals surface area contributed by atoms with Gasteiger partial charge < -0.3 is 14.7 Å². The van der Waals surface area contributed by atoms with Crippen molar-refractivity contribution in [2.24, 2.45) is 0 Å². The zero-order valence-corrected chi connectivity index (χ0v) is 22.1. The van der Waals surface area contributed by atoms with Gasteiger partial charge in [0.1, 0.15) is 17.1 Å². The van der Waals surface area contributed by atoms with E-state index < -0.39 is 17.7 Å². The molecule has 39 heavy (non-hydrogen) atoms. The van der Waals surface area contributed by atoms with E-state index >= 15 is 0 Å². The summed E-state index contributed by atoms with van der Waals surface area (Å²) in [6.45, 7) is 4.60. The normalized spacial score (nSPS) is 10.6. The zero-order valence-electron chi connectivity index (χ0n) is 22.1. The van der Waals surface area contributed by atoms with Crippen molar-refractivity contribution in [2.75, 3.05) is 6.54 Å². The molecular formula is C33H31NO5. The van der Waals surface area contributed by atoms with Crippen LogP contribution in [0.5, 0.6) is 11.5 Å². The smallest absolute Gasteiger partial charge is 0.339 e. The van der Waals surface area contributed by atoms with Crippen LogP contribution in [0.25, 0.3) is 0 Å². The molecule has 0 bridgehead atoms. The van der Waals surface area contributed by atoms with Gasteiger partial charge in [0.25, 0.3) is 5.91 Å². The molecule has 0 aromatic heterocycles. The average Bonchev–Trinajstić information content (AvgIpc) is 2.93. The molecule has 4 aromatic carbocycles. The fourth-order valence-electron chi connectivity index (χ4n) is 4.35. The molecule has 0 saturated carbocycles. The second-order valence-electron chi connectivity index (χ2n) is 9.57. The fraction of sp³-hybridized carbons (Fsp3) is 0.182. The van der Waals surface area contributed by atoms with Gasteiger partial charge in [-0.15, -0.1) is 0 Å². The second kappa shape index (κ2) is 12.7. The van der Waals surface area contributed by atoms with Crippen LogP contribution in [0.2, 0.25) is 0 Å². The first kappa shape index (κ1) is 27.3. The molecule has 0 heterocycles. The Kier molecular flexibility index (Phi) is 8.90. The molecule has 0 aliphatic carbocycles. The standard InChI is InChI=1S/C33H31NO5/c1-23-8-6-9-25(20-23)10-7-19-34(32(36)31(35)27-11-4-3-5-12-27)22-26-14-16-28(17-15-26)39-30-21-24(2)13-18-29(30)33(37)38/h3-6,8-9,11-18,20-21H,7,10,19,22H2,1-2H3,(H,37,38). The van der Waals surface area contributed by atoms with Gasteiger partial charge in [0.05, 0.1) is 0 Å². The van der Waals surface area contributed by atoms with E-state index in [4.69, 9.17) is 4.74 Å². The van der Waals surface area contributed by atoms with E-state index in [1.807, 2.05) is 38.1 Å². The Morgan fingerprint density at radius 1 is 0.769 bits per heavy atom. The Morgan fingerprint density at radius 3 is 2.18 bits per heavy atom. The average molecular weight is 522 g/mol. The number of carbonyl (C=O) groups excluding carboxylic acids is 2. The van der Waals surface area contributed by atoms with Crippen molar-refractivity contribution in [1.82, 2.24) is 4.90 Å². The summed E-state index contributed by atoms with van der Waals surface area (Å²) in [5.41, 5.74) is 4.53. The number of aromatic carboxylic acids is 1. The lowest BCUT2D eigenvalue weighted by molar-refractivity contribution is -0.127. The topological polar surface area (TPSA) is 83.9 Å². The molecule has 4 rings (SSSR count). The minimum Gasteiger partial charge on any atom is -0.478 e. The van der Waals surface area contributed by atoms with E-state index in [9.17, 15) is 19.5 Å². The van der Waals surface area contributed by atoms with E-state index in [0.29, 0.717) is 24.3 Å². The summed E-state index contributed by atoms with van der Waals surface area (Å²) in [6.07, 6.45) is 1.50. The van der Waals surface area contributed by atoms with Crippen molar-refractivity contribution >= 4 is 17.7 Å². The Balaban J connectivity index is 1.49. The molecule has 6 nitrogen and oxygen atoms in total. The minimum atomic E-state index is -1.07. The Morgan fingerprint density at radius 2 is 1.49 bits per heavy atom. The van der Waals surface area contributed by atoms with Crippen molar-refractivity contribution in [3.63, 3.8) is 0 Å². The Labute approximate surface area is 228 Å². The van der Waals surface area contributed by atoms with Crippen LogP contribution in [0, 0.1) is 13.8 Å². The molecule has 0 saturated heterocycles. The number of Topliss-reactive ketones (excluding diaryl/α,β-unsaturated/α-hetero) is 1. The monoisotopic (exact) mass is 521 g/mol. The lowest BCUT2D eigenvalue weighted by Gasteiger charge is -2.22. The minimum absolute atomic E-state index is 0.0782. The van der Waals surface area contributed by atoms with Crippen LogP contribution in [-0.2, 0) is 17.8 Å². The van der Waals surface area contributed by atoms with Gasteiger partial charge in [0.2, 0.25) is 5.78 Å². The predicted molar refractivity (Wildman–Crippen MR) is 150 cm³/mol. The molecule has 0 unspecified atom stereocenters. The van der Waals surface area contributed by atoms with E-state index in [2.05, 4.69) is 12.1 Å². The van der Waals surface area contributed by atoms with Crippen molar-refractivity contribution in [1.29, 1.82) is 0 Å². The lowest BCUT2D eigenvalue weighted by Crippen LogP contribution is -2.37. The van der Waals surface area contributed by atoms with Crippen LogP contribution in [0.3, 0.4) is 0 Å². The van der Waals surface area contributed by atoms with Crippen LogP contribution in [0.4, 0.5) is 0 Å². The number of carboxylic acid groups (broad SMARTS) is 1. The number of ether oxygens (including phenoxy) is 1. The summed E-state index contributed by atoms with van der Waals surface area (Å²) in [5.74, 6) is -1.41. The Hall–Kier alpha value is -4.71. The van der Waals surface area contributed by atoms with Gasteiger partial charge in [0, 0.05) is 18.7 Å². The Bertz CT molecular complexity index is 1460. The number of rotatable bonds is 11. The molecule has 198 valence electrons. The van der Waals surface area contributed by atoms with Crippen LogP contribution < -0.4 is 4.74 Å². The maximum atomic E-state index is 13.3. The number of carboxylic acids is 1. The van der Waals surface area contributed by atoms with Crippen LogP contribution in [-0.4, -0.2) is 34.2 Å². The van der Waals surface area contributed by atoms with E-state index in [1.54, 1.807) is 59.5 Å². The largest absolute Gasteiger partial charge is 0.478 e. The molecule has 6 heteroatoms. The molecule has 1 amide bonds. The number of ketones is 1. The third-order valence-corrected chi connectivity index (χ3v) is 6.39. The van der Waals surface area contributed by atoms with E-state index in [-0.39, 0.29) is 17.9 Å². The highest BCUT2D eigenvalue weighted by Crippen LogP contribution is 2.27. The quantitative estimate of drug-likeness (QED) is 0.177. The molecule has 4 aromatic rings. The van der Waals surface area contributed by atoms with Gasteiger partial charge in [-0.3, -0.25) is 9.59 Å². The van der Waals surface area contributed by atoms with Gasteiger partial charge in [-0.05, 0) is 67.6 Å². The first-order valence-electron chi connectivity index (χ1n) is 12.8. The number of amides is 1. The number of nitrogens with zero attached hydrogens (tertiary/aromatic N) is 1. The lowest BCUT2D eigenvalue weighted by atomic mass is 10.1. The third kappa shape index (κ3) is 7.42. The summed E-state index contributed by atoms with van der Waals surface area (Å²) >= 11 is 0. The van der Waals surface area contributed by atoms with Gasteiger partial charge in [-0.1, -0.05) is 78.4 Å². The molecular weight excluding hydrogens is 490 g/mol. The zero-order chi connectivity index (χ0) is 27.8. The number of hydrogen-bond donors (Lipinski definition) is 1. The van der Waals surface area contributed by atoms with Gasteiger partial charge >= 0.3 is 5.97 Å². The summed E-state index contributed by atoms with van der Waals surface area (Å²) in [5, 5.41) is 9.47. The van der Waals surface area contributed by atoms with Crippen molar-refractivity contribution in [2.45, 2.75) is 33.2 Å². The molecule has 0 fully saturated rings. The SMILES string of the molecule is Cc1cccc(CCCN(Cc2ccc(Oc3cc(C)ccc3C(=O)O)cc2)C(=O)C(=O)c2ccccc2)c1. The first-order chi connectivity index (χ1) is 18.8. The summed E-state index contributed by atoms with van der Waals surface area (Å²) < 4.78 is 5.86. The number of carbonyl (C=O) groups is 3. The molecule has 0 aliphatic rings. The van der Waals surface area contributed by atoms with Gasteiger partial charge in [-0.2, -0.15) is 0 Å². The summed E-state index contributed by atoms with van der Waals surface area (Å²) in [4.78, 5) is 39.4. The van der Waals surface area contributed by atoms with Gasteiger partial charge in [0.15, 0.2) is 0 Å². The van der Waals surface area contributed by atoms with Crippen LogP contribution in [0.1, 0.15) is 49.4 Å².